The lowest BCUT2D eigenvalue weighted by Gasteiger charge is -2.45. The molecule has 4 saturated heterocycles. The zero-order chi connectivity index (χ0) is 65.9. The Bertz CT molecular complexity index is 3800. The van der Waals surface area contributed by atoms with Gasteiger partial charge in [0.15, 0.2) is 0 Å². The van der Waals surface area contributed by atoms with Gasteiger partial charge in [0.2, 0.25) is 17.7 Å². The lowest BCUT2D eigenvalue weighted by atomic mass is 9.67. The fourth-order valence-electron chi connectivity index (χ4n) is 14.5. The van der Waals surface area contributed by atoms with Crippen LogP contribution in [0.15, 0.2) is 188 Å². The van der Waals surface area contributed by atoms with Crippen molar-refractivity contribution in [2.75, 3.05) is 72.1 Å². The Kier molecular flexibility index (Phi) is 23.6. The summed E-state index contributed by atoms with van der Waals surface area (Å²) in [6, 6.07) is 63.4. The van der Waals surface area contributed by atoms with E-state index in [4.69, 9.17) is 21.9 Å². The number of aromatic nitrogens is 1. The number of hydrogen-bond donors (Lipinski definition) is 3. The fraction of sp³-hybridized carbons (Fsp3) is 0.402. The Morgan fingerprint density at radius 3 is 1.24 bits per heavy atom. The summed E-state index contributed by atoms with van der Waals surface area (Å²) >= 11 is 0. The second-order valence-electron chi connectivity index (χ2n) is 28.0. The van der Waals surface area contributed by atoms with Gasteiger partial charge in [0.25, 0.3) is 0 Å². The van der Waals surface area contributed by atoms with Gasteiger partial charge in [0, 0.05) is 94.0 Å². The fourth-order valence-corrected chi connectivity index (χ4v) is 14.5. The van der Waals surface area contributed by atoms with E-state index < -0.39 is 0 Å². The van der Waals surface area contributed by atoms with Gasteiger partial charge < -0.3 is 26.5 Å². The molecule has 3 amide bonds. The summed E-state index contributed by atoms with van der Waals surface area (Å²) in [7, 11) is 0. The van der Waals surface area contributed by atoms with E-state index in [0.29, 0.717) is 34.4 Å². The first kappa shape index (κ1) is 70.3. The number of morpholine rings is 1. The molecule has 6 N–H and O–H groups in total. The number of rotatable bonds is 17. The predicted molar refractivity (Wildman–Crippen MR) is 386 cm³/mol. The number of benzene rings is 7. The summed E-state index contributed by atoms with van der Waals surface area (Å²) in [5, 5.41) is 0. The first-order valence-corrected chi connectivity index (χ1v) is 33.8. The monoisotopic (exact) mass is 1260 g/mol. The molecule has 12 rings (SSSR count). The molecule has 5 heterocycles. The number of hydrogen-bond acceptors (Lipinski definition) is 8. The van der Waals surface area contributed by atoms with Gasteiger partial charge in [0.1, 0.15) is 0 Å². The molecule has 0 bridgehead atoms. The Morgan fingerprint density at radius 1 is 0.426 bits per heavy atom. The first-order valence-electron chi connectivity index (χ1n) is 33.8. The molecule has 4 aliphatic rings. The number of aryl methyl sites for hydroxylation is 2. The van der Waals surface area contributed by atoms with Crippen LogP contribution in [0.2, 0.25) is 0 Å². The highest BCUT2D eigenvalue weighted by molar-refractivity contribution is 5.94. The van der Waals surface area contributed by atoms with Gasteiger partial charge in [-0.05, 0) is 191 Å². The van der Waals surface area contributed by atoms with Gasteiger partial charge in [-0.1, -0.05) is 187 Å². The Labute approximate surface area is 561 Å². The molecule has 12 heteroatoms. The van der Waals surface area contributed by atoms with Crippen LogP contribution < -0.4 is 17.2 Å². The van der Waals surface area contributed by atoms with Crippen LogP contribution in [-0.2, 0) is 47.2 Å². The van der Waals surface area contributed by atoms with Crippen molar-refractivity contribution in [2.24, 2.45) is 35.0 Å². The summed E-state index contributed by atoms with van der Waals surface area (Å²) in [6.07, 6.45) is 5.42. The summed E-state index contributed by atoms with van der Waals surface area (Å²) < 4.78 is 7.87. The van der Waals surface area contributed by atoms with E-state index in [0.717, 1.165) is 118 Å². The molecule has 4 aliphatic heterocycles. The third-order valence-electron chi connectivity index (χ3n) is 21.7. The molecular formula is C82H104N8O4. The number of primary amides is 3. The molecule has 6 atom stereocenters. The summed E-state index contributed by atoms with van der Waals surface area (Å²) in [4.78, 5) is 45.1. The number of likely N-dealkylation sites (tertiary alicyclic amines) is 3. The first-order chi connectivity index (χ1) is 44.6. The highest BCUT2D eigenvalue weighted by Crippen LogP contribution is 2.43. The number of ether oxygens (including phenoxy) is 1. The van der Waals surface area contributed by atoms with Crippen molar-refractivity contribution >= 4 is 17.7 Å². The van der Waals surface area contributed by atoms with Gasteiger partial charge in [-0.25, -0.2) is 0 Å². The normalized spacial score (nSPS) is 22.7. The lowest BCUT2D eigenvalue weighted by molar-refractivity contribution is 0.0361. The molecule has 0 saturated carbocycles. The SMILES string of the molecule is C.C[C@H]1CN(Cc2cccn2CCN2CCOCC2)CC[C@@]1(C)c1cccc(C(N)=O)c1.Cc1ccc(-c2ccc(CN3CC[C@@](C)(c4cccc(C(N)=O)c4)[C@@H](C)C3)cc2)cc1.Cc1ccc(-c2cccc(CN3CC[C@@](C)(c4cccc(C(N)=O)c4)[C@@H](C)C3)c2)cc1. The Balaban J connectivity index is 0.000000165. The number of carbonyl (C=O) groups excluding carboxylic acids is 3. The average Bonchev–Trinajstić information content (AvgIpc) is 0.867. The van der Waals surface area contributed by atoms with Crippen molar-refractivity contribution in [3.05, 3.63) is 250 Å². The third-order valence-corrected chi connectivity index (χ3v) is 21.7. The number of carbonyl (C=O) groups is 3. The van der Waals surface area contributed by atoms with Crippen molar-refractivity contribution in [1.29, 1.82) is 0 Å². The topological polar surface area (TPSA) is 156 Å². The molecule has 8 aromatic rings. The van der Waals surface area contributed by atoms with E-state index in [1.807, 2.05) is 36.4 Å². The maximum atomic E-state index is 11.6. The summed E-state index contributed by atoms with van der Waals surface area (Å²) in [6.45, 7) is 33.3. The molecule has 7 aromatic carbocycles. The van der Waals surface area contributed by atoms with Gasteiger partial charge in [-0.15, -0.1) is 0 Å². The lowest BCUT2D eigenvalue weighted by Crippen LogP contribution is -2.47. The molecule has 496 valence electrons. The molecule has 4 fully saturated rings. The zero-order valence-electron chi connectivity index (χ0n) is 56.5. The van der Waals surface area contributed by atoms with Gasteiger partial charge in [-0.2, -0.15) is 0 Å². The second-order valence-corrected chi connectivity index (χ2v) is 28.0. The molecule has 0 spiro atoms. The minimum Gasteiger partial charge on any atom is -0.379 e. The second kappa shape index (κ2) is 31.5. The van der Waals surface area contributed by atoms with Gasteiger partial charge >= 0.3 is 0 Å². The molecule has 12 nitrogen and oxygen atoms in total. The standard InChI is InChI=1S/2C28H32N2O.C25H36N4O2.CH4/c1-20-10-12-23(13-11-20)24-7-4-6-22(16-24)19-30-15-14-28(3,21(2)18-30)26-9-5-8-25(17-26)27(29)31;1-20-7-11-23(12-8-20)24-13-9-22(10-14-24)19-30-16-15-28(3,21(2)18-30)26-6-4-5-25(17-26)27(29)31;1-20-18-28(10-8-25(20,2)22-6-3-5-21(17-22)24(26)30)19-23-7-4-9-29(23)12-11-27-13-15-31-16-14-27;/h4-13,16-17,21H,14-15,18-19H2,1-3H3,(H2,29,31);4-14,17,21H,15-16,18-19H2,1-3H3,(H2,29,31);3-7,9,17,20H,8,10-16,18-19H2,1-2H3,(H2,26,30);1H4/t2*21-,28+;20-,25+;/m000./s1. The zero-order valence-corrected chi connectivity index (χ0v) is 56.5. The van der Waals surface area contributed by atoms with Crippen molar-refractivity contribution in [3.8, 4) is 22.3 Å². The van der Waals surface area contributed by atoms with E-state index >= 15 is 0 Å². The van der Waals surface area contributed by atoms with Crippen LogP contribution in [0, 0.1) is 31.6 Å². The Morgan fingerprint density at radius 2 is 0.819 bits per heavy atom. The average molecular weight is 1270 g/mol. The molecular weight excluding hydrogens is 1160 g/mol. The van der Waals surface area contributed by atoms with E-state index in [1.165, 1.54) is 66.9 Å². The quantitative estimate of drug-likeness (QED) is 0.0813. The van der Waals surface area contributed by atoms with E-state index in [1.54, 1.807) is 18.2 Å². The third kappa shape index (κ3) is 17.3. The van der Waals surface area contributed by atoms with Gasteiger partial charge in [-0.3, -0.25) is 34.0 Å². The number of nitrogens with zero attached hydrogens (tertiary/aromatic N) is 5. The summed E-state index contributed by atoms with van der Waals surface area (Å²) in [5.41, 5.74) is 33.9. The van der Waals surface area contributed by atoms with Crippen LogP contribution in [0.4, 0.5) is 0 Å². The van der Waals surface area contributed by atoms with Crippen LogP contribution in [0.3, 0.4) is 0 Å². The van der Waals surface area contributed by atoms with E-state index in [-0.39, 0.29) is 41.4 Å². The summed E-state index contributed by atoms with van der Waals surface area (Å²) in [5.74, 6) is 0.379. The Hall–Kier alpha value is -7.97. The van der Waals surface area contributed by atoms with Crippen molar-refractivity contribution in [2.45, 2.75) is 125 Å². The molecule has 0 radical (unpaired) electrons. The molecule has 0 aliphatic carbocycles. The van der Waals surface area contributed by atoms with Crippen LogP contribution in [0.25, 0.3) is 22.3 Å². The van der Waals surface area contributed by atoms with Crippen LogP contribution >= 0.6 is 0 Å². The number of piperidine rings is 3. The maximum absolute atomic E-state index is 11.6. The van der Waals surface area contributed by atoms with Gasteiger partial charge in [0.05, 0.1) is 13.2 Å². The highest BCUT2D eigenvalue weighted by Gasteiger charge is 2.41. The smallest absolute Gasteiger partial charge is 0.248 e. The van der Waals surface area contributed by atoms with Crippen LogP contribution in [0.5, 0.6) is 0 Å². The van der Waals surface area contributed by atoms with Crippen molar-refractivity contribution in [3.63, 3.8) is 0 Å². The van der Waals surface area contributed by atoms with Crippen molar-refractivity contribution in [1.82, 2.24) is 24.2 Å². The largest absolute Gasteiger partial charge is 0.379 e. The van der Waals surface area contributed by atoms with Crippen LogP contribution in [0.1, 0.15) is 144 Å². The molecule has 1 aromatic heterocycles. The van der Waals surface area contributed by atoms with E-state index in [2.05, 4.69) is 213 Å². The minimum atomic E-state index is -0.357. The number of amides is 3. The minimum absolute atomic E-state index is 0. The predicted octanol–water partition coefficient (Wildman–Crippen LogP) is 14.5. The van der Waals surface area contributed by atoms with Crippen molar-refractivity contribution < 1.29 is 19.1 Å². The van der Waals surface area contributed by atoms with Crippen LogP contribution in [-0.4, -0.2) is 114 Å². The van der Waals surface area contributed by atoms with E-state index in [9.17, 15) is 14.4 Å². The maximum Gasteiger partial charge on any atom is 0.248 e. The molecule has 0 unspecified atom stereocenters. The molecule has 94 heavy (non-hydrogen) atoms. The number of nitrogens with two attached hydrogens (primary N) is 3. The highest BCUT2D eigenvalue weighted by atomic mass is 16.5.